The van der Waals surface area contributed by atoms with Gasteiger partial charge >= 0.3 is 0 Å². The van der Waals surface area contributed by atoms with Gasteiger partial charge in [-0.25, -0.2) is 12.8 Å². The number of halogens is 2. The Labute approximate surface area is 156 Å². The first-order valence-corrected chi connectivity index (χ1v) is 10.1. The Morgan fingerprint density at radius 2 is 1.81 bits per heavy atom. The van der Waals surface area contributed by atoms with Gasteiger partial charge in [-0.1, -0.05) is 24.1 Å². The fourth-order valence-electron chi connectivity index (χ4n) is 2.86. The van der Waals surface area contributed by atoms with E-state index < -0.39 is 26.6 Å². The third-order valence-electron chi connectivity index (χ3n) is 4.21. The van der Waals surface area contributed by atoms with E-state index in [9.17, 15) is 17.6 Å². The molecule has 138 valence electrons. The van der Waals surface area contributed by atoms with Gasteiger partial charge in [0.15, 0.2) is 0 Å². The maximum atomic E-state index is 14.2. The Kier molecular flexibility index (Phi) is 5.60. The average Bonchev–Trinajstić information content (AvgIpc) is 2.62. The highest BCUT2D eigenvalue weighted by Gasteiger charge is 2.29. The van der Waals surface area contributed by atoms with Gasteiger partial charge in [0, 0.05) is 29.4 Å². The van der Waals surface area contributed by atoms with Crippen LogP contribution in [0.15, 0.2) is 47.4 Å². The summed E-state index contributed by atoms with van der Waals surface area (Å²) in [7, 11) is -3.97. The fourth-order valence-corrected chi connectivity index (χ4v) is 4.65. The van der Waals surface area contributed by atoms with Gasteiger partial charge in [-0.3, -0.25) is 4.79 Å². The molecule has 1 heterocycles. The van der Waals surface area contributed by atoms with Gasteiger partial charge in [-0.15, -0.1) is 0 Å². The highest BCUT2D eigenvalue weighted by molar-refractivity contribution is 7.89. The summed E-state index contributed by atoms with van der Waals surface area (Å²) >= 11 is 5.88. The maximum absolute atomic E-state index is 14.2. The van der Waals surface area contributed by atoms with E-state index in [1.54, 1.807) is 24.3 Å². The lowest BCUT2D eigenvalue weighted by molar-refractivity contribution is 0.102. The average molecular weight is 397 g/mol. The van der Waals surface area contributed by atoms with Crippen molar-refractivity contribution in [3.63, 3.8) is 0 Å². The Balaban J connectivity index is 1.88. The Bertz CT molecular complexity index is 928. The topological polar surface area (TPSA) is 66.5 Å². The van der Waals surface area contributed by atoms with Gasteiger partial charge in [0.25, 0.3) is 5.91 Å². The van der Waals surface area contributed by atoms with Gasteiger partial charge in [0.2, 0.25) is 10.0 Å². The molecule has 0 unspecified atom stereocenters. The van der Waals surface area contributed by atoms with Crippen LogP contribution in [-0.4, -0.2) is 31.7 Å². The number of anilines is 1. The van der Waals surface area contributed by atoms with Gasteiger partial charge in [0.05, 0.1) is 0 Å². The summed E-state index contributed by atoms with van der Waals surface area (Å²) < 4.78 is 40.9. The maximum Gasteiger partial charge on any atom is 0.255 e. The number of piperidine rings is 1. The fraction of sp³-hybridized carbons (Fsp3) is 0.278. The van der Waals surface area contributed by atoms with Crippen molar-refractivity contribution in [1.29, 1.82) is 0 Å². The van der Waals surface area contributed by atoms with Crippen molar-refractivity contribution >= 4 is 33.2 Å². The zero-order chi connectivity index (χ0) is 18.7. The quantitative estimate of drug-likeness (QED) is 0.852. The molecule has 1 saturated heterocycles. The second-order valence-electron chi connectivity index (χ2n) is 6.07. The lowest BCUT2D eigenvalue weighted by Gasteiger charge is -2.26. The zero-order valence-electron chi connectivity index (χ0n) is 13.9. The minimum absolute atomic E-state index is 0.0574. The van der Waals surface area contributed by atoms with Crippen LogP contribution in [0.4, 0.5) is 10.1 Å². The van der Waals surface area contributed by atoms with Gasteiger partial charge < -0.3 is 5.32 Å². The number of amides is 1. The molecule has 1 N–H and O–H groups in total. The van der Waals surface area contributed by atoms with Crippen molar-refractivity contribution in [1.82, 2.24) is 4.31 Å². The molecule has 0 aliphatic carbocycles. The summed E-state index contributed by atoms with van der Waals surface area (Å²) in [5.41, 5.74) is 0.522. The molecule has 3 rings (SSSR count). The van der Waals surface area contributed by atoms with E-state index in [2.05, 4.69) is 5.32 Å². The van der Waals surface area contributed by atoms with Gasteiger partial charge in [-0.05, 0) is 49.2 Å². The SMILES string of the molecule is O=C(Nc1cccc(Cl)c1)c1ccc(F)c(S(=O)(=O)N2CCCCC2)c1. The van der Waals surface area contributed by atoms with Gasteiger partial charge in [-0.2, -0.15) is 4.31 Å². The first kappa shape index (κ1) is 18.8. The number of benzene rings is 2. The van der Waals surface area contributed by atoms with Crippen LogP contribution in [0.1, 0.15) is 29.6 Å². The molecule has 2 aromatic rings. The molecule has 1 aliphatic heterocycles. The third-order valence-corrected chi connectivity index (χ3v) is 6.36. The lowest BCUT2D eigenvalue weighted by atomic mass is 10.2. The first-order chi connectivity index (χ1) is 12.4. The van der Waals surface area contributed by atoms with E-state index in [0.29, 0.717) is 23.8 Å². The second kappa shape index (κ2) is 7.73. The van der Waals surface area contributed by atoms with E-state index >= 15 is 0 Å². The van der Waals surface area contributed by atoms with Crippen LogP contribution in [0, 0.1) is 5.82 Å². The number of sulfonamides is 1. The largest absolute Gasteiger partial charge is 0.322 e. The third kappa shape index (κ3) is 4.06. The molecule has 0 radical (unpaired) electrons. The standard InChI is InChI=1S/C18H18ClFN2O3S/c19-14-5-4-6-15(12-14)21-18(23)13-7-8-16(20)17(11-13)26(24,25)22-9-2-1-3-10-22/h4-8,11-12H,1-3,9-10H2,(H,21,23). The molecule has 26 heavy (non-hydrogen) atoms. The van der Waals surface area contributed by atoms with Crippen LogP contribution in [0.3, 0.4) is 0 Å². The number of rotatable bonds is 4. The Morgan fingerprint density at radius 3 is 2.50 bits per heavy atom. The number of hydrogen-bond donors (Lipinski definition) is 1. The molecule has 2 aromatic carbocycles. The van der Waals surface area contributed by atoms with Crippen molar-refractivity contribution in [2.75, 3.05) is 18.4 Å². The van der Waals surface area contributed by atoms with E-state index in [-0.39, 0.29) is 5.56 Å². The molecule has 1 aliphatic rings. The van der Waals surface area contributed by atoms with Crippen molar-refractivity contribution in [3.8, 4) is 0 Å². The van der Waals surface area contributed by atoms with Crippen LogP contribution >= 0.6 is 11.6 Å². The minimum Gasteiger partial charge on any atom is -0.322 e. The molecular weight excluding hydrogens is 379 g/mol. The van der Waals surface area contributed by atoms with Crippen molar-refractivity contribution < 1.29 is 17.6 Å². The summed E-state index contributed by atoms with van der Waals surface area (Å²) in [5.74, 6) is -1.41. The normalized spacial score (nSPS) is 15.6. The van der Waals surface area contributed by atoms with E-state index in [0.717, 1.165) is 31.4 Å². The zero-order valence-corrected chi connectivity index (χ0v) is 15.5. The van der Waals surface area contributed by atoms with Crippen molar-refractivity contribution in [2.45, 2.75) is 24.2 Å². The molecule has 8 heteroatoms. The lowest BCUT2D eigenvalue weighted by Crippen LogP contribution is -2.36. The second-order valence-corrected chi connectivity index (χ2v) is 8.42. The monoisotopic (exact) mass is 396 g/mol. The van der Waals surface area contributed by atoms with Crippen molar-refractivity contribution in [3.05, 3.63) is 58.9 Å². The first-order valence-electron chi connectivity index (χ1n) is 8.24. The van der Waals surface area contributed by atoms with Gasteiger partial charge in [0.1, 0.15) is 10.7 Å². The molecule has 0 bridgehead atoms. The summed E-state index contributed by atoms with van der Waals surface area (Å²) in [4.78, 5) is 11.9. The molecule has 0 atom stereocenters. The number of hydrogen-bond acceptors (Lipinski definition) is 3. The predicted molar refractivity (Wildman–Crippen MR) is 98.4 cm³/mol. The van der Waals surface area contributed by atoms with E-state index in [4.69, 9.17) is 11.6 Å². The van der Waals surface area contributed by atoms with Crippen LogP contribution in [-0.2, 0) is 10.0 Å². The summed E-state index contributed by atoms with van der Waals surface area (Å²) in [6, 6.07) is 9.90. The number of nitrogens with one attached hydrogen (secondary N) is 1. The molecule has 1 amide bonds. The Morgan fingerprint density at radius 1 is 1.08 bits per heavy atom. The number of nitrogens with zero attached hydrogens (tertiary/aromatic N) is 1. The molecule has 0 spiro atoms. The Hall–Kier alpha value is -1.96. The smallest absolute Gasteiger partial charge is 0.255 e. The highest BCUT2D eigenvalue weighted by Crippen LogP contribution is 2.24. The summed E-state index contributed by atoms with van der Waals surface area (Å²) in [6.07, 6.45) is 2.45. The molecular formula is C18H18ClFN2O3S. The highest BCUT2D eigenvalue weighted by atomic mass is 35.5. The molecule has 0 saturated carbocycles. The van der Waals surface area contributed by atoms with Crippen molar-refractivity contribution in [2.24, 2.45) is 0 Å². The predicted octanol–water partition coefficient (Wildman–Crippen LogP) is 3.91. The van der Waals surface area contributed by atoms with Crippen LogP contribution in [0.25, 0.3) is 0 Å². The number of carbonyl (C=O) groups is 1. The minimum atomic E-state index is -3.97. The van der Waals surface area contributed by atoms with Crippen LogP contribution in [0.2, 0.25) is 5.02 Å². The van der Waals surface area contributed by atoms with Crippen LogP contribution in [0.5, 0.6) is 0 Å². The molecule has 0 aromatic heterocycles. The van der Waals surface area contributed by atoms with E-state index in [1.807, 2.05) is 0 Å². The number of carbonyl (C=O) groups excluding carboxylic acids is 1. The summed E-state index contributed by atoms with van der Waals surface area (Å²) in [5, 5.41) is 3.08. The molecule has 1 fully saturated rings. The molecule has 5 nitrogen and oxygen atoms in total. The summed E-state index contributed by atoms with van der Waals surface area (Å²) in [6.45, 7) is 0.724. The van der Waals surface area contributed by atoms with E-state index in [1.165, 1.54) is 10.4 Å². The van der Waals surface area contributed by atoms with Crippen LogP contribution < -0.4 is 5.32 Å².